The van der Waals surface area contributed by atoms with E-state index in [-0.39, 0.29) is 0 Å². The number of nitrogens with one attached hydrogen (secondary N) is 1. The van der Waals surface area contributed by atoms with Gasteiger partial charge in [0, 0.05) is 18.0 Å². The quantitative estimate of drug-likeness (QED) is 0.0998. The number of halogens is 1. The van der Waals surface area contributed by atoms with Gasteiger partial charge in [0.25, 0.3) is 0 Å². The molecule has 0 aliphatic rings. The summed E-state index contributed by atoms with van der Waals surface area (Å²) in [5.74, 6) is -0.426. The zero-order chi connectivity index (χ0) is 33.5. The lowest BCUT2D eigenvalue weighted by molar-refractivity contribution is 0.0992. The first-order valence-electron chi connectivity index (χ1n) is 16.0. The highest BCUT2D eigenvalue weighted by Crippen LogP contribution is 2.36. The van der Waals surface area contributed by atoms with E-state index in [0.29, 0.717) is 43.4 Å². The van der Waals surface area contributed by atoms with E-state index in [4.69, 9.17) is 14.5 Å². The van der Waals surface area contributed by atoms with Crippen molar-refractivity contribution >= 4 is 10.9 Å². The molecule has 7 aromatic rings. The Balaban J connectivity index is 0.954. The van der Waals surface area contributed by atoms with Gasteiger partial charge in [0.15, 0.2) is 11.6 Å². The molecule has 5 aromatic carbocycles. The molecular formula is C40H34FN5O3. The fourth-order valence-corrected chi connectivity index (χ4v) is 5.98. The Hall–Kier alpha value is -5.90. The Bertz CT molecular complexity index is 2050. The van der Waals surface area contributed by atoms with Crippen molar-refractivity contribution in [2.24, 2.45) is 0 Å². The molecule has 0 saturated carbocycles. The Morgan fingerprint density at radius 2 is 1.37 bits per heavy atom. The van der Waals surface area contributed by atoms with E-state index in [9.17, 15) is 9.50 Å². The maximum Gasteiger partial charge on any atom is 0.166 e. The van der Waals surface area contributed by atoms with Crippen molar-refractivity contribution in [2.75, 3.05) is 26.4 Å². The molecule has 0 aliphatic heterocycles. The number of hydrogen-bond acceptors (Lipinski definition) is 7. The summed E-state index contributed by atoms with van der Waals surface area (Å²) in [5, 5.41) is 22.5. The molecule has 8 nitrogen and oxygen atoms in total. The third kappa shape index (κ3) is 6.89. The van der Waals surface area contributed by atoms with Crippen LogP contribution in [0.25, 0.3) is 28.0 Å². The first-order chi connectivity index (χ1) is 24.1. The van der Waals surface area contributed by atoms with Crippen LogP contribution in [-0.2, 0) is 10.3 Å². The molecule has 0 unspecified atom stereocenters. The molecule has 2 N–H and O–H groups in total. The second-order valence-electron chi connectivity index (χ2n) is 11.5. The maximum absolute atomic E-state index is 13.8. The van der Waals surface area contributed by atoms with Gasteiger partial charge in [0.05, 0.1) is 41.8 Å². The summed E-state index contributed by atoms with van der Waals surface area (Å²) in [6.07, 6.45) is 1.66. The van der Waals surface area contributed by atoms with Crippen LogP contribution in [0, 0.1) is 5.82 Å². The second kappa shape index (κ2) is 14.5. The topological polar surface area (TPSA) is 94.3 Å². The van der Waals surface area contributed by atoms with E-state index in [1.165, 1.54) is 16.8 Å². The third-order valence-corrected chi connectivity index (χ3v) is 8.37. The van der Waals surface area contributed by atoms with Crippen molar-refractivity contribution in [3.63, 3.8) is 0 Å². The predicted molar refractivity (Wildman–Crippen MR) is 187 cm³/mol. The van der Waals surface area contributed by atoms with Crippen molar-refractivity contribution in [3.8, 4) is 28.6 Å². The molecule has 0 fully saturated rings. The molecule has 0 atom stereocenters. The molecule has 2 aromatic heterocycles. The molecular weight excluding hydrogens is 617 g/mol. The fourth-order valence-electron chi connectivity index (χ4n) is 5.98. The first kappa shape index (κ1) is 31.7. The van der Waals surface area contributed by atoms with Gasteiger partial charge in [-0.15, -0.1) is 5.10 Å². The van der Waals surface area contributed by atoms with Crippen molar-refractivity contribution in [1.82, 2.24) is 25.3 Å². The van der Waals surface area contributed by atoms with Crippen LogP contribution < -0.4 is 10.1 Å². The highest BCUT2D eigenvalue weighted by atomic mass is 19.1. The van der Waals surface area contributed by atoms with Crippen LogP contribution in [0.1, 0.15) is 16.7 Å². The summed E-state index contributed by atoms with van der Waals surface area (Å²) in [4.78, 5) is 4.72. The summed E-state index contributed by atoms with van der Waals surface area (Å²) < 4.78 is 27.3. The zero-order valence-electron chi connectivity index (χ0n) is 26.6. The van der Waals surface area contributed by atoms with E-state index < -0.39 is 17.1 Å². The van der Waals surface area contributed by atoms with Gasteiger partial charge in [-0.3, -0.25) is 5.32 Å². The van der Waals surface area contributed by atoms with Crippen LogP contribution >= 0.6 is 0 Å². The summed E-state index contributed by atoms with van der Waals surface area (Å²) in [5.41, 5.74) is 5.32. The summed E-state index contributed by atoms with van der Waals surface area (Å²) in [6, 6.07) is 45.1. The van der Waals surface area contributed by atoms with E-state index in [0.717, 1.165) is 33.3 Å². The number of pyridine rings is 1. The van der Waals surface area contributed by atoms with Crippen LogP contribution in [0.5, 0.6) is 11.5 Å². The largest absolute Gasteiger partial charge is 0.505 e. The average molecular weight is 652 g/mol. The van der Waals surface area contributed by atoms with Gasteiger partial charge in [0.2, 0.25) is 0 Å². The SMILES string of the molecule is Oc1ccc(-n2cc(-c3ccc4cc(OCCOCCNC(c5ccccc5)(c5ccccc5)c5ccccc5)ccc4n3)nn2)cc1F. The summed E-state index contributed by atoms with van der Waals surface area (Å²) >= 11 is 0. The van der Waals surface area contributed by atoms with Gasteiger partial charge < -0.3 is 14.6 Å². The van der Waals surface area contributed by atoms with Gasteiger partial charge in [0.1, 0.15) is 18.1 Å². The highest BCUT2D eigenvalue weighted by molar-refractivity contribution is 5.82. The zero-order valence-corrected chi connectivity index (χ0v) is 26.6. The minimum absolute atomic E-state index is 0.402. The molecule has 9 heteroatoms. The van der Waals surface area contributed by atoms with E-state index >= 15 is 0 Å². The van der Waals surface area contributed by atoms with Crippen LogP contribution in [0.2, 0.25) is 0 Å². The lowest BCUT2D eigenvalue weighted by atomic mass is 9.77. The molecule has 49 heavy (non-hydrogen) atoms. The first-order valence-corrected chi connectivity index (χ1v) is 16.0. The lowest BCUT2D eigenvalue weighted by Crippen LogP contribution is -2.46. The number of aromatic nitrogens is 4. The number of phenols is 1. The lowest BCUT2D eigenvalue weighted by Gasteiger charge is -2.37. The normalized spacial score (nSPS) is 11.5. The standard InChI is InChI=1S/C40H34FN5O3/c41-35-27-33(17-21-39(35)47)46-28-38(44-45-46)37-19-16-29-26-34(18-20-36(29)43-37)49-25-24-48-23-22-42-40(30-10-4-1-5-11-30,31-12-6-2-7-13-31)32-14-8-3-9-15-32/h1-21,26-28,42,47H,22-25H2. The number of phenolic OH excluding ortho intramolecular Hbond substituents is 1. The van der Waals surface area contributed by atoms with Crippen LogP contribution in [0.4, 0.5) is 4.39 Å². The smallest absolute Gasteiger partial charge is 0.166 e. The minimum Gasteiger partial charge on any atom is -0.505 e. The summed E-state index contributed by atoms with van der Waals surface area (Å²) in [7, 11) is 0. The molecule has 0 bridgehead atoms. The maximum atomic E-state index is 13.8. The van der Waals surface area contributed by atoms with Crippen molar-refractivity contribution in [1.29, 1.82) is 0 Å². The van der Waals surface area contributed by atoms with Crippen LogP contribution in [0.3, 0.4) is 0 Å². The van der Waals surface area contributed by atoms with Crippen molar-refractivity contribution < 1.29 is 19.0 Å². The Labute approximate surface area is 283 Å². The average Bonchev–Trinajstić information content (AvgIpc) is 3.65. The Morgan fingerprint density at radius 3 is 2.02 bits per heavy atom. The number of hydrogen-bond donors (Lipinski definition) is 2. The minimum atomic E-state index is -0.729. The summed E-state index contributed by atoms with van der Waals surface area (Å²) in [6.45, 7) is 1.97. The number of nitrogens with zero attached hydrogens (tertiary/aromatic N) is 4. The fraction of sp³-hybridized carbons (Fsp3) is 0.125. The van der Waals surface area contributed by atoms with E-state index in [2.05, 4.69) is 88.4 Å². The van der Waals surface area contributed by atoms with Gasteiger partial charge in [-0.1, -0.05) is 102 Å². The molecule has 0 aliphatic carbocycles. The van der Waals surface area contributed by atoms with E-state index in [1.54, 1.807) is 12.3 Å². The number of ether oxygens (including phenoxy) is 2. The molecule has 0 spiro atoms. The second-order valence-corrected chi connectivity index (χ2v) is 11.5. The molecule has 7 rings (SSSR count). The van der Waals surface area contributed by atoms with Crippen LogP contribution in [0.15, 0.2) is 146 Å². The number of benzene rings is 5. The van der Waals surface area contributed by atoms with Gasteiger partial charge in [-0.2, -0.15) is 0 Å². The van der Waals surface area contributed by atoms with Gasteiger partial charge in [-0.25, -0.2) is 14.1 Å². The molecule has 244 valence electrons. The van der Waals surface area contributed by atoms with Crippen LogP contribution in [-0.4, -0.2) is 51.4 Å². The monoisotopic (exact) mass is 651 g/mol. The highest BCUT2D eigenvalue weighted by Gasteiger charge is 2.35. The number of rotatable bonds is 13. The Morgan fingerprint density at radius 1 is 0.694 bits per heavy atom. The van der Waals surface area contributed by atoms with E-state index in [1.807, 2.05) is 48.5 Å². The predicted octanol–water partition coefficient (Wildman–Crippen LogP) is 7.30. The molecule has 0 radical (unpaired) electrons. The Kier molecular flexibility index (Phi) is 9.36. The van der Waals surface area contributed by atoms with Crippen molar-refractivity contribution in [2.45, 2.75) is 5.54 Å². The molecule has 0 saturated heterocycles. The van der Waals surface area contributed by atoms with Gasteiger partial charge in [-0.05, 0) is 53.1 Å². The van der Waals surface area contributed by atoms with Gasteiger partial charge >= 0.3 is 0 Å². The molecule has 2 heterocycles. The van der Waals surface area contributed by atoms with Crippen molar-refractivity contribution in [3.05, 3.63) is 168 Å². The number of fused-ring (bicyclic) bond motifs is 1. The number of aromatic hydroxyl groups is 1. The molecule has 0 amide bonds. The third-order valence-electron chi connectivity index (χ3n) is 8.37.